The first-order chi connectivity index (χ1) is 15.1. The number of H-pyrrole nitrogens is 1. The van der Waals surface area contributed by atoms with Crippen molar-refractivity contribution < 1.29 is 9.32 Å². The molecule has 2 aromatic carbocycles. The van der Waals surface area contributed by atoms with Gasteiger partial charge in [0.15, 0.2) is 0 Å². The van der Waals surface area contributed by atoms with Crippen molar-refractivity contribution in [1.29, 1.82) is 0 Å². The van der Waals surface area contributed by atoms with Crippen molar-refractivity contribution >= 4 is 23.2 Å². The minimum absolute atomic E-state index is 0.121. The number of nitrogens with one attached hydrogen (secondary N) is 2. The Hall–Kier alpha value is -3.78. The van der Waals surface area contributed by atoms with E-state index < -0.39 is 0 Å². The molecule has 0 aliphatic rings. The molecule has 2 heterocycles. The Morgan fingerprint density at radius 2 is 1.90 bits per heavy atom. The standard InChI is InChI=1S/C22H18ClN5O3/c23-16-9-7-14(8-10-16)22-25-21(31-28-22)6-2-5-19(29)24-17-4-1-3-15(13-17)18-11-12-20(30)27-26-18/h1,3-4,7-13H,2,5-6H2,(H,24,29)(H,27,30). The Morgan fingerprint density at radius 1 is 1.06 bits per heavy atom. The number of benzene rings is 2. The summed E-state index contributed by atoms with van der Waals surface area (Å²) < 4.78 is 5.26. The molecule has 0 aliphatic carbocycles. The van der Waals surface area contributed by atoms with Crippen LogP contribution < -0.4 is 10.9 Å². The number of amides is 1. The van der Waals surface area contributed by atoms with E-state index in [1.807, 2.05) is 24.3 Å². The average Bonchev–Trinajstić information content (AvgIpc) is 3.24. The summed E-state index contributed by atoms with van der Waals surface area (Å²) >= 11 is 5.89. The number of rotatable bonds is 7. The van der Waals surface area contributed by atoms with Crippen LogP contribution in [0.5, 0.6) is 0 Å². The smallest absolute Gasteiger partial charge is 0.264 e. The molecule has 0 saturated heterocycles. The highest BCUT2D eigenvalue weighted by Crippen LogP contribution is 2.21. The summed E-state index contributed by atoms with van der Waals surface area (Å²) in [5.74, 6) is 0.844. The third-order valence-corrected chi connectivity index (χ3v) is 4.74. The second-order valence-corrected chi connectivity index (χ2v) is 7.24. The number of carbonyl (C=O) groups is 1. The SMILES string of the molecule is O=C(CCCc1nc(-c2ccc(Cl)cc2)no1)Nc1cccc(-c2ccc(=O)[nH]n2)c1. The van der Waals surface area contributed by atoms with Crippen molar-refractivity contribution in [2.24, 2.45) is 0 Å². The van der Waals surface area contributed by atoms with Crippen molar-refractivity contribution in [3.8, 4) is 22.6 Å². The molecule has 2 N–H and O–H groups in total. The van der Waals surface area contributed by atoms with Gasteiger partial charge in [-0.05, 0) is 48.9 Å². The number of aryl methyl sites for hydroxylation is 1. The maximum Gasteiger partial charge on any atom is 0.264 e. The fourth-order valence-corrected chi connectivity index (χ4v) is 3.08. The lowest BCUT2D eigenvalue weighted by molar-refractivity contribution is -0.116. The van der Waals surface area contributed by atoms with E-state index in [0.29, 0.717) is 47.4 Å². The summed E-state index contributed by atoms with van der Waals surface area (Å²) in [7, 11) is 0. The molecule has 0 radical (unpaired) electrons. The number of carbonyl (C=O) groups excluding carboxylic acids is 1. The zero-order chi connectivity index (χ0) is 21.6. The Balaban J connectivity index is 1.30. The van der Waals surface area contributed by atoms with Crippen LogP contribution >= 0.6 is 11.6 Å². The zero-order valence-electron chi connectivity index (χ0n) is 16.3. The molecule has 31 heavy (non-hydrogen) atoms. The van der Waals surface area contributed by atoms with Gasteiger partial charge in [-0.3, -0.25) is 9.59 Å². The quantitative estimate of drug-likeness (QED) is 0.451. The van der Waals surface area contributed by atoms with E-state index in [9.17, 15) is 9.59 Å². The van der Waals surface area contributed by atoms with Gasteiger partial charge < -0.3 is 9.84 Å². The van der Waals surface area contributed by atoms with Gasteiger partial charge in [-0.1, -0.05) is 28.9 Å². The molecule has 2 aromatic heterocycles. The lowest BCUT2D eigenvalue weighted by atomic mass is 10.1. The van der Waals surface area contributed by atoms with Gasteiger partial charge in [-0.2, -0.15) is 10.1 Å². The molecule has 9 heteroatoms. The van der Waals surface area contributed by atoms with Crippen LogP contribution in [0, 0.1) is 0 Å². The second kappa shape index (κ2) is 9.36. The third kappa shape index (κ3) is 5.43. The van der Waals surface area contributed by atoms with E-state index in [0.717, 1.165) is 11.1 Å². The van der Waals surface area contributed by atoms with Crippen molar-refractivity contribution in [2.45, 2.75) is 19.3 Å². The maximum absolute atomic E-state index is 12.3. The Morgan fingerprint density at radius 3 is 2.68 bits per heavy atom. The van der Waals surface area contributed by atoms with Crippen LogP contribution in [-0.4, -0.2) is 26.2 Å². The normalized spacial score (nSPS) is 10.7. The topological polar surface area (TPSA) is 114 Å². The van der Waals surface area contributed by atoms with E-state index in [1.165, 1.54) is 6.07 Å². The molecule has 0 aliphatic heterocycles. The van der Waals surface area contributed by atoms with Crippen LogP contribution in [0.3, 0.4) is 0 Å². The predicted octanol–water partition coefficient (Wildman–Crippen LogP) is 4.10. The molecule has 0 spiro atoms. The molecular formula is C22H18ClN5O3. The minimum atomic E-state index is -0.269. The van der Waals surface area contributed by atoms with Gasteiger partial charge in [0.05, 0.1) is 5.69 Å². The van der Waals surface area contributed by atoms with Crippen molar-refractivity contribution in [2.75, 3.05) is 5.32 Å². The molecule has 4 aromatic rings. The van der Waals surface area contributed by atoms with Gasteiger partial charge in [0.25, 0.3) is 5.56 Å². The number of aromatic nitrogens is 4. The van der Waals surface area contributed by atoms with Gasteiger partial charge in [0.2, 0.25) is 17.6 Å². The van der Waals surface area contributed by atoms with Crippen LogP contribution in [0.4, 0.5) is 5.69 Å². The van der Waals surface area contributed by atoms with Crippen LogP contribution in [0.1, 0.15) is 18.7 Å². The van der Waals surface area contributed by atoms with Crippen LogP contribution in [0.15, 0.2) is 70.0 Å². The van der Waals surface area contributed by atoms with Crippen molar-refractivity contribution in [3.05, 3.63) is 81.9 Å². The average molecular weight is 436 g/mol. The van der Waals surface area contributed by atoms with E-state index >= 15 is 0 Å². The number of halogens is 1. The molecule has 1 amide bonds. The van der Waals surface area contributed by atoms with Crippen LogP contribution in [0.25, 0.3) is 22.6 Å². The number of hydrogen-bond acceptors (Lipinski definition) is 6. The summed E-state index contributed by atoms with van der Waals surface area (Å²) in [5.41, 5.74) is 2.60. The number of anilines is 1. The summed E-state index contributed by atoms with van der Waals surface area (Å²) in [6.07, 6.45) is 1.37. The molecule has 0 fully saturated rings. The molecule has 4 rings (SSSR count). The maximum atomic E-state index is 12.3. The molecule has 8 nitrogen and oxygen atoms in total. The van der Waals surface area contributed by atoms with Crippen LogP contribution in [0.2, 0.25) is 5.02 Å². The Bertz CT molecular complexity index is 1230. The fourth-order valence-electron chi connectivity index (χ4n) is 2.96. The van der Waals surface area contributed by atoms with Gasteiger partial charge >= 0.3 is 0 Å². The first kappa shape index (κ1) is 20.5. The highest BCUT2D eigenvalue weighted by Gasteiger charge is 2.10. The minimum Gasteiger partial charge on any atom is -0.339 e. The highest BCUT2D eigenvalue weighted by atomic mass is 35.5. The summed E-state index contributed by atoms with van der Waals surface area (Å²) in [5, 5.41) is 13.9. The number of aromatic amines is 1. The lowest BCUT2D eigenvalue weighted by Crippen LogP contribution is -2.11. The van der Waals surface area contributed by atoms with Gasteiger partial charge in [0, 0.05) is 40.7 Å². The van der Waals surface area contributed by atoms with Gasteiger partial charge in [-0.15, -0.1) is 0 Å². The van der Waals surface area contributed by atoms with Crippen molar-refractivity contribution in [1.82, 2.24) is 20.3 Å². The second-order valence-electron chi connectivity index (χ2n) is 6.81. The molecular weight excluding hydrogens is 418 g/mol. The first-order valence-corrected chi connectivity index (χ1v) is 9.99. The Kier molecular flexibility index (Phi) is 6.18. The largest absolute Gasteiger partial charge is 0.339 e. The zero-order valence-corrected chi connectivity index (χ0v) is 17.1. The van der Waals surface area contributed by atoms with E-state index in [1.54, 1.807) is 30.3 Å². The fraction of sp³-hybridized carbons (Fsp3) is 0.136. The number of nitrogens with zero attached hydrogens (tertiary/aromatic N) is 3. The summed E-state index contributed by atoms with van der Waals surface area (Å²) in [6, 6.07) is 17.5. The van der Waals surface area contributed by atoms with Gasteiger partial charge in [0.1, 0.15) is 0 Å². The first-order valence-electron chi connectivity index (χ1n) is 9.61. The van der Waals surface area contributed by atoms with Gasteiger partial charge in [-0.25, -0.2) is 5.10 Å². The molecule has 0 saturated carbocycles. The number of hydrogen-bond donors (Lipinski definition) is 2. The predicted molar refractivity (Wildman–Crippen MR) is 117 cm³/mol. The monoisotopic (exact) mass is 435 g/mol. The third-order valence-electron chi connectivity index (χ3n) is 4.49. The van der Waals surface area contributed by atoms with E-state index in [-0.39, 0.29) is 11.5 Å². The van der Waals surface area contributed by atoms with Crippen LogP contribution in [-0.2, 0) is 11.2 Å². The van der Waals surface area contributed by atoms with E-state index in [4.69, 9.17) is 16.1 Å². The van der Waals surface area contributed by atoms with E-state index in [2.05, 4.69) is 25.7 Å². The molecule has 0 bridgehead atoms. The van der Waals surface area contributed by atoms with Crippen molar-refractivity contribution in [3.63, 3.8) is 0 Å². The Labute approximate surface area is 182 Å². The summed E-state index contributed by atoms with van der Waals surface area (Å²) in [4.78, 5) is 27.8. The summed E-state index contributed by atoms with van der Waals surface area (Å²) in [6.45, 7) is 0. The molecule has 0 unspecified atom stereocenters. The highest BCUT2D eigenvalue weighted by molar-refractivity contribution is 6.30. The lowest BCUT2D eigenvalue weighted by Gasteiger charge is -2.07. The molecule has 156 valence electrons. The molecule has 0 atom stereocenters.